The standard InChI is InChI=1S/C25H43N5O2.HI/c1-5-26-25(27-17-20(2)19-30-15-13-29(3)14-16-30)28-18-21-9-8-12-23(31-4)24(21)32-22-10-6-7-11-22;/h8-9,12,20,22H,5-7,10-11,13-19H2,1-4H3,(H2,26,27,28);1H. The number of piperazine rings is 1. The Bertz CT molecular complexity index is 719. The number of ether oxygens (including phenoxy) is 2. The Morgan fingerprint density at radius 1 is 1.15 bits per heavy atom. The molecule has 0 amide bonds. The Labute approximate surface area is 217 Å². The van der Waals surface area contributed by atoms with E-state index in [0.717, 1.165) is 81.7 Å². The molecular formula is C25H44IN5O2. The second kappa shape index (κ2) is 14.9. The number of hydrogen-bond acceptors (Lipinski definition) is 5. The summed E-state index contributed by atoms with van der Waals surface area (Å²) in [7, 11) is 3.91. The zero-order valence-corrected chi connectivity index (χ0v) is 23.3. The van der Waals surface area contributed by atoms with Crippen molar-refractivity contribution in [1.29, 1.82) is 0 Å². The Balaban J connectivity index is 0.00000385. The lowest BCUT2D eigenvalue weighted by atomic mass is 10.1. The third-order valence-electron chi connectivity index (χ3n) is 6.40. The minimum Gasteiger partial charge on any atom is -0.493 e. The van der Waals surface area contributed by atoms with Crippen molar-refractivity contribution >= 4 is 29.9 Å². The largest absolute Gasteiger partial charge is 0.493 e. The SMILES string of the molecule is CCNC(=NCc1cccc(OC)c1OC1CCCC1)NCC(C)CN1CCN(C)CC1.I. The summed E-state index contributed by atoms with van der Waals surface area (Å²) in [6.07, 6.45) is 5.02. The van der Waals surface area contributed by atoms with Crippen molar-refractivity contribution in [1.82, 2.24) is 20.4 Å². The Kier molecular flexibility index (Phi) is 12.6. The molecule has 0 spiro atoms. The molecule has 2 aliphatic rings. The lowest BCUT2D eigenvalue weighted by molar-refractivity contribution is 0.139. The molecule has 1 aromatic rings. The van der Waals surface area contributed by atoms with Crippen molar-refractivity contribution in [2.45, 2.75) is 52.2 Å². The average molecular weight is 574 g/mol. The first-order valence-corrected chi connectivity index (χ1v) is 12.3. The van der Waals surface area contributed by atoms with E-state index in [1.807, 2.05) is 12.1 Å². The van der Waals surface area contributed by atoms with Crippen LogP contribution in [0.2, 0.25) is 0 Å². The fourth-order valence-corrected chi connectivity index (χ4v) is 4.47. The van der Waals surface area contributed by atoms with E-state index in [1.165, 1.54) is 12.8 Å². The van der Waals surface area contributed by atoms with Crippen LogP contribution in [-0.4, -0.2) is 81.8 Å². The number of para-hydroxylation sites is 1. The summed E-state index contributed by atoms with van der Waals surface area (Å²) in [4.78, 5) is 9.83. The number of aliphatic imine (C=N–C) groups is 1. The van der Waals surface area contributed by atoms with Gasteiger partial charge in [0.25, 0.3) is 0 Å². The molecule has 1 heterocycles. The van der Waals surface area contributed by atoms with E-state index < -0.39 is 0 Å². The summed E-state index contributed by atoms with van der Waals surface area (Å²) in [5, 5.41) is 6.93. The highest BCUT2D eigenvalue weighted by Gasteiger charge is 2.21. The molecule has 1 saturated carbocycles. The van der Waals surface area contributed by atoms with Gasteiger partial charge in [-0.15, -0.1) is 24.0 Å². The van der Waals surface area contributed by atoms with Gasteiger partial charge >= 0.3 is 0 Å². The van der Waals surface area contributed by atoms with Crippen molar-refractivity contribution in [2.24, 2.45) is 10.9 Å². The summed E-state index contributed by atoms with van der Waals surface area (Å²) in [5.74, 6) is 3.06. The fourth-order valence-electron chi connectivity index (χ4n) is 4.47. The van der Waals surface area contributed by atoms with Crippen LogP contribution in [0.5, 0.6) is 11.5 Å². The van der Waals surface area contributed by atoms with Gasteiger partial charge in [0.05, 0.1) is 19.8 Å². The number of nitrogens with zero attached hydrogens (tertiary/aromatic N) is 3. The van der Waals surface area contributed by atoms with E-state index in [1.54, 1.807) is 7.11 Å². The molecule has 1 saturated heterocycles. The predicted molar refractivity (Wildman–Crippen MR) is 147 cm³/mol. The monoisotopic (exact) mass is 573 g/mol. The number of guanidine groups is 1. The van der Waals surface area contributed by atoms with Crippen molar-refractivity contribution < 1.29 is 9.47 Å². The molecule has 8 heteroatoms. The first-order valence-electron chi connectivity index (χ1n) is 12.3. The van der Waals surface area contributed by atoms with Gasteiger partial charge in [0.1, 0.15) is 0 Å². The lowest BCUT2D eigenvalue weighted by Crippen LogP contribution is -2.47. The second-order valence-corrected chi connectivity index (χ2v) is 9.26. The minimum atomic E-state index is 0. The van der Waals surface area contributed by atoms with Crippen LogP contribution >= 0.6 is 24.0 Å². The van der Waals surface area contributed by atoms with Crippen LogP contribution in [0.25, 0.3) is 0 Å². The summed E-state index contributed by atoms with van der Waals surface area (Å²) < 4.78 is 12.0. The molecular weight excluding hydrogens is 529 g/mol. The maximum absolute atomic E-state index is 6.37. The van der Waals surface area contributed by atoms with Crippen molar-refractivity contribution in [3.8, 4) is 11.5 Å². The van der Waals surface area contributed by atoms with Crippen molar-refractivity contribution in [3.63, 3.8) is 0 Å². The van der Waals surface area contributed by atoms with Gasteiger partial charge in [-0.1, -0.05) is 19.1 Å². The molecule has 7 nitrogen and oxygen atoms in total. The molecule has 33 heavy (non-hydrogen) atoms. The highest BCUT2D eigenvalue weighted by atomic mass is 127. The van der Waals surface area contributed by atoms with Crippen LogP contribution < -0.4 is 20.1 Å². The zero-order chi connectivity index (χ0) is 22.8. The Hall–Kier alpha value is -1.26. The minimum absolute atomic E-state index is 0. The van der Waals surface area contributed by atoms with Gasteiger partial charge in [-0.25, -0.2) is 4.99 Å². The van der Waals surface area contributed by atoms with Gasteiger partial charge in [-0.05, 0) is 51.6 Å². The molecule has 2 fully saturated rings. The number of halogens is 1. The molecule has 1 atom stereocenters. The first kappa shape index (κ1) is 28.0. The van der Waals surface area contributed by atoms with E-state index in [-0.39, 0.29) is 30.1 Å². The number of benzene rings is 1. The number of hydrogen-bond donors (Lipinski definition) is 2. The van der Waals surface area contributed by atoms with Crippen LogP contribution in [0, 0.1) is 5.92 Å². The summed E-state index contributed by atoms with van der Waals surface area (Å²) in [6.45, 7) is 12.5. The van der Waals surface area contributed by atoms with Crippen LogP contribution in [-0.2, 0) is 6.54 Å². The summed E-state index contributed by atoms with van der Waals surface area (Å²) in [5.41, 5.74) is 1.07. The molecule has 1 aliphatic carbocycles. The summed E-state index contributed by atoms with van der Waals surface area (Å²) >= 11 is 0. The van der Waals surface area contributed by atoms with Gasteiger partial charge in [-0.3, -0.25) is 0 Å². The van der Waals surface area contributed by atoms with Crippen molar-refractivity contribution in [3.05, 3.63) is 23.8 Å². The lowest BCUT2D eigenvalue weighted by Gasteiger charge is -2.34. The zero-order valence-electron chi connectivity index (χ0n) is 20.9. The van der Waals surface area contributed by atoms with E-state index in [2.05, 4.69) is 47.4 Å². The molecule has 1 unspecified atom stereocenters. The topological polar surface area (TPSA) is 61.4 Å². The van der Waals surface area contributed by atoms with E-state index in [0.29, 0.717) is 12.5 Å². The smallest absolute Gasteiger partial charge is 0.191 e. The molecule has 0 aromatic heterocycles. The van der Waals surface area contributed by atoms with Gasteiger partial charge in [-0.2, -0.15) is 0 Å². The maximum atomic E-state index is 6.37. The molecule has 0 radical (unpaired) electrons. The van der Waals surface area contributed by atoms with Crippen LogP contribution in [0.15, 0.2) is 23.2 Å². The summed E-state index contributed by atoms with van der Waals surface area (Å²) in [6, 6.07) is 6.08. The second-order valence-electron chi connectivity index (χ2n) is 9.26. The van der Waals surface area contributed by atoms with Gasteiger partial charge in [0.15, 0.2) is 17.5 Å². The molecule has 3 rings (SSSR count). The first-order chi connectivity index (χ1) is 15.6. The number of nitrogens with one attached hydrogen (secondary N) is 2. The molecule has 188 valence electrons. The third kappa shape index (κ3) is 9.13. The highest BCUT2D eigenvalue weighted by Crippen LogP contribution is 2.35. The van der Waals surface area contributed by atoms with E-state index >= 15 is 0 Å². The maximum Gasteiger partial charge on any atom is 0.191 e. The van der Waals surface area contributed by atoms with Crippen LogP contribution in [0.3, 0.4) is 0 Å². The average Bonchev–Trinajstić information content (AvgIpc) is 3.31. The highest BCUT2D eigenvalue weighted by molar-refractivity contribution is 14.0. The fraction of sp³-hybridized carbons (Fsp3) is 0.720. The Morgan fingerprint density at radius 2 is 1.88 bits per heavy atom. The predicted octanol–water partition coefficient (Wildman–Crippen LogP) is 3.57. The van der Waals surface area contributed by atoms with Crippen LogP contribution in [0.1, 0.15) is 45.1 Å². The Morgan fingerprint density at radius 3 is 2.55 bits per heavy atom. The molecule has 1 aliphatic heterocycles. The number of likely N-dealkylation sites (N-methyl/N-ethyl adjacent to an activating group) is 1. The van der Waals surface area contributed by atoms with Gasteiger partial charge < -0.3 is 29.9 Å². The van der Waals surface area contributed by atoms with E-state index in [4.69, 9.17) is 14.5 Å². The molecule has 2 N–H and O–H groups in total. The number of methoxy groups -OCH3 is 1. The third-order valence-corrected chi connectivity index (χ3v) is 6.40. The van der Waals surface area contributed by atoms with Gasteiger partial charge in [0.2, 0.25) is 0 Å². The quantitative estimate of drug-likeness (QED) is 0.254. The number of rotatable bonds is 10. The van der Waals surface area contributed by atoms with Crippen LogP contribution in [0.4, 0.5) is 0 Å². The normalized spacial score (nSPS) is 19.1. The van der Waals surface area contributed by atoms with E-state index in [9.17, 15) is 0 Å². The van der Waals surface area contributed by atoms with Crippen molar-refractivity contribution in [2.75, 3.05) is 60.0 Å². The molecule has 0 bridgehead atoms. The van der Waals surface area contributed by atoms with Gasteiger partial charge in [0, 0.05) is 51.4 Å². The molecule has 1 aromatic carbocycles.